The van der Waals surface area contributed by atoms with Crippen LogP contribution in [-0.2, 0) is 6.18 Å². The SMILES string of the molecule is FC(F)(F)c1ccccc1OCCNc1nnnn1-c1ccccc1. The Morgan fingerprint density at radius 1 is 1.00 bits per heavy atom. The lowest BCUT2D eigenvalue weighted by Crippen LogP contribution is -2.16. The van der Waals surface area contributed by atoms with Gasteiger partial charge in [0.1, 0.15) is 12.4 Å². The maximum absolute atomic E-state index is 12.9. The average Bonchev–Trinajstić information content (AvgIpc) is 3.07. The van der Waals surface area contributed by atoms with Gasteiger partial charge in [0.25, 0.3) is 0 Å². The smallest absolute Gasteiger partial charge is 0.419 e. The van der Waals surface area contributed by atoms with Crippen molar-refractivity contribution in [1.29, 1.82) is 0 Å². The lowest BCUT2D eigenvalue weighted by atomic mass is 10.2. The zero-order chi connectivity index (χ0) is 17.7. The highest BCUT2D eigenvalue weighted by Crippen LogP contribution is 2.35. The molecule has 0 fully saturated rings. The molecule has 0 unspecified atom stereocenters. The Balaban J connectivity index is 1.60. The lowest BCUT2D eigenvalue weighted by molar-refractivity contribution is -0.138. The number of aromatic nitrogens is 4. The number of nitrogens with one attached hydrogen (secondary N) is 1. The van der Waals surface area contributed by atoms with Gasteiger partial charge in [-0.3, -0.25) is 0 Å². The Morgan fingerprint density at radius 2 is 1.72 bits per heavy atom. The molecule has 3 rings (SSSR count). The summed E-state index contributed by atoms with van der Waals surface area (Å²) in [6.07, 6.45) is -4.46. The molecule has 25 heavy (non-hydrogen) atoms. The number of para-hydroxylation sites is 2. The van der Waals surface area contributed by atoms with Crippen molar-refractivity contribution in [1.82, 2.24) is 20.2 Å². The Hall–Kier alpha value is -3.10. The van der Waals surface area contributed by atoms with Gasteiger partial charge in [-0.15, -0.1) is 0 Å². The van der Waals surface area contributed by atoms with E-state index in [0.29, 0.717) is 5.95 Å². The molecule has 0 amide bonds. The number of ether oxygens (including phenoxy) is 1. The van der Waals surface area contributed by atoms with E-state index >= 15 is 0 Å². The van der Waals surface area contributed by atoms with Crippen molar-refractivity contribution in [2.24, 2.45) is 0 Å². The van der Waals surface area contributed by atoms with E-state index in [-0.39, 0.29) is 18.9 Å². The van der Waals surface area contributed by atoms with Gasteiger partial charge >= 0.3 is 6.18 Å². The van der Waals surface area contributed by atoms with E-state index in [9.17, 15) is 13.2 Å². The Kier molecular flexibility index (Phi) is 4.82. The third kappa shape index (κ3) is 4.06. The van der Waals surface area contributed by atoms with E-state index in [1.807, 2.05) is 30.3 Å². The van der Waals surface area contributed by atoms with Gasteiger partial charge in [0.2, 0.25) is 5.95 Å². The summed E-state index contributed by atoms with van der Waals surface area (Å²) in [7, 11) is 0. The molecule has 0 aliphatic rings. The normalized spacial score (nSPS) is 11.3. The van der Waals surface area contributed by atoms with Gasteiger partial charge in [-0.25, -0.2) is 0 Å². The Morgan fingerprint density at radius 3 is 2.48 bits per heavy atom. The minimum atomic E-state index is -4.46. The second-order valence-electron chi connectivity index (χ2n) is 5.02. The topological polar surface area (TPSA) is 64.9 Å². The van der Waals surface area contributed by atoms with Gasteiger partial charge in [0.05, 0.1) is 17.8 Å². The van der Waals surface area contributed by atoms with Crippen molar-refractivity contribution in [3.05, 3.63) is 60.2 Å². The van der Waals surface area contributed by atoms with Gasteiger partial charge < -0.3 is 10.1 Å². The average molecular weight is 349 g/mol. The first kappa shape index (κ1) is 16.7. The molecular weight excluding hydrogens is 335 g/mol. The van der Waals surface area contributed by atoms with Gasteiger partial charge in [0, 0.05) is 0 Å². The standard InChI is InChI=1S/C16H14F3N5O/c17-16(18,19)13-8-4-5-9-14(13)25-11-10-20-15-21-22-23-24(15)12-6-2-1-3-7-12/h1-9H,10-11H2,(H,20,21,23). The summed E-state index contributed by atoms with van der Waals surface area (Å²) >= 11 is 0. The van der Waals surface area contributed by atoms with Crippen LogP contribution in [0, 0.1) is 0 Å². The van der Waals surface area contributed by atoms with Crippen LogP contribution in [0.15, 0.2) is 54.6 Å². The lowest BCUT2D eigenvalue weighted by Gasteiger charge is -2.14. The number of nitrogens with zero attached hydrogens (tertiary/aromatic N) is 4. The fraction of sp³-hybridized carbons (Fsp3) is 0.188. The van der Waals surface area contributed by atoms with E-state index in [0.717, 1.165) is 11.8 Å². The molecule has 3 aromatic rings. The highest BCUT2D eigenvalue weighted by molar-refractivity contribution is 5.38. The molecule has 0 bridgehead atoms. The number of alkyl halides is 3. The second-order valence-corrected chi connectivity index (χ2v) is 5.02. The van der Waals surface area contributed by atoms with Crippen LogP contribution in [0.2, 0.25) is 0 Å². The van der Waals surface area contributed by atoms with Crippen molar-refractivity contribution in [2.45, 2.75) is 6.18 Å². The summed E-state index contributed by atoms with van der Waals surface area (Å²) in [6.45, 7) is 0.258. The van der Waals surface area contributed by atoms with Crippen molar-refractivity contribution in [3.8, 4) is 11.4 Å². The van der Waals surface area contributed by atoms with Gasteiger partial charge in [-0.2, -0.15) is 17.9 Å². The number of tetrazole rings is 1. The molecule has 1 heterocycles. The number of hydrogen-bond donors (Lipinski definition) is 1. The largest absolute Gasteiger partial charge is 0.491 e. The molecule has 0 radical (unpaired) electrons. The number of benzene rings is 2. The van der Waals surface area contributed by atoms with E-state index < -0.39 is 11.7 Å². The first-order chi connectivity index (χ1) is 12.1. The predicted octanol–water partition coefficient (Wildman–Crippen LogP) is 3.17. The fourth-order valence-electron chi connectivity index (χ4n) is 2.19. The summed E-state index contributed by atoms with van der Waals surface area (Å²) in [5, 5.41) is 14.3. The molecule has 6 nitrogen and oxygen atoms in total. The third-order valence-corrected chi connectivity index (χ3v) is 3.31. The van der Waals surface area contributed by atoms with E-state index in [2.05, 4.69) is 20.8 Å². The summed E-state index contributed by atoms with van der Waals surface area (Å²) in [6, 6.07) is 14.3. The van der Waals surface area contributed by atoms with Crippen molar-refractivity contribution in [2.75, 3.05) is 18.5 Å². The van der Waals surface area contributed by atoms with Crippen LogP contribution in [0.4, 0.5) is 19.1 Å². The summed E-state index contributed by atoms with van der Waals surface area (Å²) in [5.41, 5.74) is -0.0394. The van der Waals surface area contributed by atoms with Crippen LogP contribution in [0.1, 0.15) is 5.56 Å². The molecule has 0 saturated carbocycles. The van der Waals surface area contributed by atoms with Crippen LogP contribution in [-0.4, -0.2) is 33.4 Å². The summed E-state index contributed by atoms with van der Waals surface area (Å²) < 4.78 is 45.4. The van der Waals surface area contributed by atoms with E-state index in [1.54, 1.807) is 0 Å². The van der Waals surface area contributed by atoms with E-state index in [4.69, 9.17) is 4.74 Å². The highest BCUT2D eigenvalue weighted by Gasteiger charge is 2.33. The molecule has 1 aromatic heterocycles. The van der Waals surface area contributed by atoms with Gasteiger partial charge in [-0.1, -0.05) is 35.4 Å². The van der Waals surface area contributed by atoms with Crippen molar-refractivity contribution >= 4 is 5.95 Å². The monoisotopic (exact) mass is 349 g/mol. The van der Waals surface area contributed by atoms with Crippen molar-refractivity contribution < 1.29 is 17.9 Å². The molecule has 1 N–H and O–H groups in total. The van der Waals surface area contributed by atoms with Crippen molar-refractivity contribution in [3.63, 3.8) is 0 Å². The first-order valence-electron chi connectivity index (χ1n) is 7.42. The molecule has 130 valence electrons. The molecule has 9 heteroatoms. The van der Waals surface area contributed by atoms with Crippen LogP contribution in [0.3, 0.4) is 0 Å². The molecule has 0 spiro atoms. The molecule has 0 aliphatic carbocycles. The zero-order valence-corrected chi connectivity index (χ0v) is 12.9. The van der Waals surface area contributed by atoms with Gasteiger partial charge in [0.15, 0.2) is 0 Å². The molecular formula is C16H14F3N5O. The number of rotatable bonds is 6. The zero-order valence-electron chi connectivity index (χ0n) is 12.9. The van der Waals surface area contributed by atoms with Crippen LogP contribution in [0.5, 0.6) is 5.75 Å². The number of hydrogen-bond acceptors (Lipinski definition) is 5. The molecule has 0 atom stereocenters. The fourth-order valence-corrected chi connectivity index (χ4v) is 2.19. The quantitative estimate of drug-likeness (QED) is 0.693. The molecule has 0 aliphatic heterocycles. The summed E-state index contributed by atoms with van der Waals surface area (Å²) in [5.74, 6) is 0.165. The highest BCUT2D eigenvalue weighted by atomic mass is 19.4. The molecule has 2 aromatic carbocycles. The Bertz CT molecular complexity index is 820. The third-order valence-electron chi connectivity index (χ3n) is 3.31. The summed E-state index contributed by atoms with van der Waals surface area (Å²) in [4.78, 5) is 0. The minimum absolute atomic E-state index is 0.0226. The maximum atomic E-state index is 12.9. The van der Waals surface area contributed by atoms with Crippen LogP contribution >= 0.6 is 0 Å². The second kappa shape index (κ2) is 7.20. The van der Waals surface area contributed by atoms with Crippen LogP contribution < -0.4 is 10.1 Å². The van der Waals surface area contributed by atoms with Gasteiger partial charge in [-0.05, 0) is 34.7 Å². The number of anilines is 1. The Labute approximate surface area is 141 Å². The number of halogens is 3. The van der Waals surface area contributed by atoms with E-state index in [1.165, 1.54) is 22.9 Å². The maximum Gasteiger partial charge on any atom is 0.419 e. The first-order valence-corrected chi connectivity index (χ1v) is 7.42. The minimum Gasteiger partial charge on any atom is -0.491 e. The van der Waals surface area contributed by atoms with Crippen LogP contribution in [0.25, 0.3) is 5.69 Å². The molecule has 0 saturated heterocycles. The predicted molar refractivity (Wildman–Crippen MR) is 84.6 cm³/mol.